The largest absolute Gasteiger partial charge is 0.341 e. The van der Waals surface area contributed by atoms with Crippen molar-refractivity contribution >= 4 is 23.2 Å². The molecule has 1 aliphatic rings. The van der Waals surface area contributed by atoms with Crippen LogP contribution in [-0.4, -0.2) is 28.8 Å². The number of aryl methyl sites for hydroxylation is 1. The molecule has 4 nitrogen and oxygen atoms in total. The quantitative estimate of drug-likeness (QED) is 0.862. The van der Waals surface area contributed by atoms with E-state index in [0.29, 0.717) is 6.54 Å². The lowest BCUT2D eigenvalue weighted by molar-refractivity contribution is -0.148. The Bertz CT molecular complexity index is 465. The van der Waals surface area contributed by atoms with E-state index < -0.39 is 5.54 Å². The molecule has 5 heteroatoms. The SMILES string of the molecule is Cc1ccsc1CN1CC(=O)NC(C)(C)C1=O. The Kier molecular flexibility index (Phi) is 2.95. The Balaban J connectivity index is 2.18. The molecule has 2 rings (SSSR count). The fourth-order valence-electron chi connectivity index (χ4n) is 1.95. The normalized spacial score (nSPS) is 19.4. The third kappa shape index (κ3) is 2.34. The van der Waals surface area contributed by atoms with Gasteiger partial charge in [0.25, 0.3) is 0 Å². The van der Waals surface area contributed by atoms with Gasteiger partial charge in [0, 0.05) is 4.88 Å². The summed E-state index contributed by atoms with van der Waals surface area (Å²) < 4.78 is 0. The van der Waals surface area contributed by atoms with Crippen molar-refractivity contribution in [2.45, 2.75) is 32.9 Å². The highest BCUT2D eigenvalue weighted by molar-refractivity contribution is 7.10. The van der Waals surface area contributed by atoms with Crippen LogP contribution in [0.3, 0.4) is 0 Å². The minimum absolute atomic E-state index is 0.0232. The first-order valence-corrected chi connectivity index (χ1v) is 6.41. The molecule has 0 aromatic carbocycles. The van der Waals surface area contributed by atoms with E-state index in [0.717, 1.165) is 4.88 Å². The van der Waals surface area contributed by atoms with Crippen molar-refractivity contribution in [1.82, 2.24) is 10.2 Å². The number of carbonyl (C=O) groups is 2. The second kappa shape index (κ2) is 4.14. The fourth-order valence-corrected chi connectivity index (χ4v) is 2.87. The Hall–Kier alpha value is -1.36. The number of amides is 2. The van der Waals surface area contributed by atoms with Crippen molar-refractivity contribution in [2.75, 3.05) is 6.54 Å². The van der Waals surface area contributed by atoms with Crippen LogP contribution in [0.4, 0.5) is 0 Å². The molecule has 0 saturated carbocycles. The van der Waals surface area contributed by atoms with E-state index in [9.17, 15) is 9.59 Å². The summed E-state index contributed by atoms with van der Waals surface area (Å²) >= 11 is 1.62. The van der Waals surface area contributed by atoms with Gasteiger partial charge in [-0.3, -0.25) is 9.59 Å². The molecule has 1 aromatic heterocycles. The highest BCUT2D eigenvalue weighted by Gasteiger charge is 2.39. The predicted octanol–water partition coefficient (Wildman–Crippen LogP) is 1.29. The van der Waals surface area contributed by atoms with Crippen LogP contribution in [0, 0.1) is 6.92 Å². The van der Waals surface area contributed by atoms with Crippen LogP contribution in [0.2, 0.25) is 0 Å². The van der Waals surface area contributed by atoms with Crippen LogP contribution in [0.15, 0.2) is 11.4 Å². The maximum absolute atomic E-state index is 12.1. The van der Waals surface area contributed by atoms with Gasteiger partial charge >= 0.3 is 0 Å². The highest BCUT2D eigenvalue weighted by Crippen LogP contribution is 2.21. The molecule has 0 unspecified atom stereocenters. The third-order valence-corrected chi connectivity index (χ3v) is 3.92. The van der Waals surface area contributed by atoms with Crippen molar-refractivity contribution in [3.8, 4) is 0 Å². The van der Waals surface area contributed by atoms with Gasteiger partial charge in [0.1, 0.15) is 12.1 Å². The highest BCUT2D eigenvalue weighted by atomic mass is 32.1. The van der Waals surface area contributed by atoms with Crippen molar-refractivity contribution in [3.05, 3.63) is 21.9 Å². The fraction of sp³-hybridized carbons (Fsp3) is 0.500. The number of rotatable bonds is 2. The first-order chi connectivity index (χ1) is 7.90. The lowest BCUT2D eigenvalue weighted by Gasteiger charge is -2.37. The number of hydrogen-bond acceptors (Lipinski definition) is 3. The van der Waals surface area contributed by atoms with Crippen molar-refractivity contribution in [1.29, 1.82) is 0 Å². The molecular formula is C12H16N2O2S. The van der Waals surface area contributed by atoms with E-state index in [1.54, 1.807) is 30.1 Å². The van der Waals surface area contributed by atoms with Gasteiger partial charge in [0.2, 0.25) is 11.8 Å². The van der Waals surface area contributed by atoms with Crippen molar-refractivity contribution < 1.29 is 9.59 Å². The van der Waals surface area contributed by atoms with Gasteiger partial charge in [-0.15, -0.1) is 11.3 Å². The maximum Gasteiger partial charge on any atom is 0.248 e. The van der Waals surface area contributed by atoms with Gasteiger partial charge in [-0.2, -0.15) is 0 Å². The molecule has 92 valence electrons. The topological polar surface area (TPSA) is 49.4 Å². The van der Waals surface area contributed by atoms with Gasteiger partial charge < -0.3 is 10.2 Å². The molecule has 2 amide bonds. The molecule has 0 bridgehead atoms. The van der Waals surface area contributed by atoms with Crippen LogP contribution >= 0.6 is 11.3 Å². The molecule has 0 atom stereocenters. The second-order valence-electron chi connectivity index (χ2n) is 4.86. The van der Waals surface area contributed by atoms with E-state index in [2.05, 4.69) is 5.32 Å². The van der Waals surface area contributed by atoms with Gasteiger partial charge in [0.15, 0.2) is 0 Å². The monoisotopic (exact) mass is 252 g/mol. The molecule has 2 heterocycles. The molecule has 17 heavy (non-hydrogen) atoms. The number of carbonyl (C=O) groups excluding carboxylic acids is 2. The number of piperazine rings is 1. The number of hydrogen-bond donors (Lipinski definition) is 1. The van der Waals surface area contributed by atoms with Crippen LogP contribution in [0.25, 0.3) is 0 Å². The van der Waals surface area contributed by atoms with Gasteiger partial charge in [-0.05, 0) is 37.8 Å². The number of thiophene rings is 1. The van der Waals surface area contributed by atoms with Gasteiger partial charge in [0.05, 0.1) is 6.54 Å². The molecule has 1 aliphatic heterocycles. The summed E-state index contributed by atoms with van der Waals surface area (Å²) in [6.45, 7) is 6.17. The molecule has 1 fully saturated rings. The zero-order chi connectivity index (χ0) is 12.6. The Morgan fingerprint density at radius 3 is 2.76 bits per heavy atom. The first-order valence-electron chi connectivity index (χ1n) is 5.53. The van der Waals surface area contributed by atoms with E-state index in [1.807, 2.05) is 18.4 Å². The van der Waals surface area contributed by atoms with Gasteiger partial charge in [-0.25, -0.2) is 0 Å². The Morgan fingerprint density at radius 1 is 1.47 bits per heavy atom. The lowest BCUT2D eigenvalue weighted by Crippen LogP contribution is -2.63. The smallest absolute Gasteiger partial charge is 0.248 e. The van der Waals surface area contributed by atoms with Crippen LogP contribution < -0.4 is 5.32 Å². The zero-order valence-electron chi connectivity index (χ0n) is 10.2. The standard InChI is InChI=1S/C12H16N2O2S/c1-8-4-5-17-9(8)6-14-7-10(15)13-12(2,3)11(14)16/h4-5H,6-7H2,1-3H3,(H,13,15). The minimum atomic E-state index is -0.791. The minimum Gasteiger partial charge on any atom is -0.341 e. The van der Waals surface area contributed by atoms with E-state index in [-0.39, 0.29) is 18.4 Å². The average molecular weight is 252 g/mol. The van der Waals surface area contributed by atoms with E-state index in [1.165, 1.54) is 5.56 Å². The molecule has 1 N–H and O–H groups in total. The first kappa shape index (κ1) is 12.1. The summed E-state index contributed by atoms with van der Waals surface area (Å²) in [4.78, 5) is 26.5. The molecule has 0 spiro atoms. The van der Waals surface area contributed by atoms with E-state index in [4.69, 9.17) is 0 Å². The molecule has 0 radical (unpaired) electrons. The lowest BCUT2D eigenvalue weighted by atomic mass is 10.0. The summed E-state index contributed by atoms with van der Waals surface area (Å²) in [6, 6.07) is 2.03. The zero-order valence-corrected chi connectivity index (χ0v) is 11.1. The molecule has 1 saturated heterocycles. The van der Waals surface area contributed by atoms with Crippen molar-refractivity contribution in [3.63, 3.8) is 0 Å². The third-order valence-electron chi connectivity index (χ3n) is 2.91. The summed E-state index contributed by atoms with van der Waals surface area (Å²) in [5, 5.41) is 4.71. The Labute approximate surface area is 105 Å². The molecule has 1 aromatic rings. The Morgan fingerprint density at radius 2 is 2.18 bits per heavy atom. The van der Waals surface area contributed by atoms with E-state index >= 15 is 0 Å². The number of nitrogens with zero attached hydrogens (tertiary/aromatic N) is 1. The molecule has 0 aliphatic carbocycles. The van der Waals surface area contributed by atoms with Crippen LogP contribution in [0.1, 0.15) is 24.3 Å². The summed E-state index contributed by atoms with van der Waals surface area (Å²) in [5.74, 6) is -0.117. The average Bonchev–Trinajstić information content (AvgIpc) is 2.59. The summed E-state index contributed by atoms with van der Waals surface area (Å²) in [6.07, 6.45) is 0. The van der Waals surface area contributed by atoms with Crippen molar-refractivity contribution in [2.24, 2.45) is 0 Å². The van der Waals surface area contributed by atoms with Crippen LogP contribution in [-0.2, 0) is 16.1 Å². The summed E-state index contributed by atoms with van der Waals surface area (Å²) in [5.41, 5.74) is 0.382. The maximum atomic E-state index is 12.1. The summed E-state index contributed by atoms with van der Waals surface area (Å²) in [7, 11) is 0. The van der Waals surface area contributed by atoms with Gasteiger partial charge in [-0.1, -0.05) is 0 Å². The second-order valence-corrected chi connectivity index (χ2v) is 5.86. The number of nitrogens with one attached hydrogen (secondary N) is 1. The molecular weight excluding hydrogens is 236 g/mol. The predicted molar refractivity (Wildman–Crippen MR) is 66.7 cm³/mol. The van der Waals surface area contributed by atoms with Crippen LogP contribution in [0.5, 0.6) is 0 Å².